The molecule has 0 atom stereocenters. The maximum atomic E-state index is 14.9. The highest BCUT2D eigenvalue weighted by molar-refractivity contribution is 6.30. The number of benzene rings is 3. The van der Waals surface area contributed by atoms with Crippen molar-refractivity contribution in [2.45, 2.75) is 32.6 Å². The minimum absolute atomic E-state index is 0.0386. The Morgan fingerprint density at radius 2 is 1.75 bits per heavy atom. The van der Waals surface area contributed by atoms with E-state index in [2.05, 4.69) is 6.92 Å². The van der Waals surface area contributed by atoms with Crippen molar-refractivity contribution in [2.24, 2.45) is 0 Å². The normalized spacial score (nSPS) is 11.2. The van der Waals surface area contributed by atoms with E-state index < -0.39 is 5.82 Å². The molecular formula is C21H19ClF2. The maximum absolute atomic E-state index is 14.9. The average Bonchev–Trinajstić information content (AvgIpc) is 2.58. The van der Waals surface area contributed by atoms with E-state index in [1.807, 2.05) is 24.3 Å². The molecule has 0 unspecified atom stereocenters. The van der Waals surface area contributed by atoms with Crippen molar-refractivity contribution < 1.29 is 8.78 Å². The van der Waals surface area contributed by atoms with Crippen LogP contribution in [0, 0.1) is 11.6 Å². The van der Waals surface area contributed by atoms with Crippen molar-refractivity contribution in [1.29, 1.82) is 0 Å². The molecule has 3 rings (SSSR count). The molecule has 0 saturated carbocycles. The minimum Gasteiger partial charge on any atom is -0.206 e. The highest BCUT2D eigenvalue weighted by Gasteiger charge is 2.11. The van der Waals surface area contributed by atoms with Gasteiger partial charge in [0.15, 0.2) is 0 Å². The van der Waals surface area contributed by atoms with Gasteiger partial charge in [-0.1, -0.05) is 67.8 Å². The highest BCUT2D eigenvalue weighted by Crippen LogP contribution is 2.31. The predicted octanol–water partition coefficient (Wildman–Crippen LogP) is 7.17. The number of halogens is 3. The summed E-state index contributed by atoms with van der Waals surface area (Å²) in [5, 5.41) is 1.47. The largest absolute Gasteiger partial charge is 0.206 e. The van der Waals surface area contributed by atoms with Crippen molar-refractivity contribution in [3.63, 3.8) is 0 Å². The van der Waals surface area contributed by atoms with Crippen LogP contribution in [-0.4, -0.2) is 0 Å². The summed E-state index contributed by atoms with van der Waals surface area (Å²) in [6.07, 6.45) is 4.54. The Kier molecular flexibility index (Phi) is 5.15. The summed E-state index contributed by atoms with van der Waals surface area (Å²) in [4.78, 5) is 0. The molecule has 0 aliphatic heterocycles. The van der Waals surface area contributed by atoms with Crippen LogP contribution in [-0.2, 0) is 6.42 Å². The van der Waals surface area contributed by atoms with Crippen LogP contribution in [0.3, 0.4) is 0 Å². The molecule has 0 spiro atoms. The molecule has 0 radical (unpaired) electrons. The third-order valence-corrected chi connectivity index (χ3v) is 4.62. The maximum Gasteiger partial charge on any atom is 0.142 e. The van der Waals surface area contributed by atoms with Crippen molar-refractivity contribution in [1.82, 2.24) is 0 Å². The number of rotatable bonds is 5. The fraction of sp³-hybridized carbons (Fsp3) is 0.238. The van der Waals surface area contributed by atoms with Gasteiger partial charge < -0.3 is 0 Å². The Morgan fingerprint density at radius 3 is 2.50 bits per heavy atom. The molecule has 0 aliphatic rings. The van der Waals surface area contributed by atoms with E-state index in [1.54, 1.807) is 12.1 Å². The summed E-state index contributed by atoms with van der Waals surface area (Å²) in [5.41, 5.74) is 2.10. The van der Waals surface area contributed by atoms with E-state index in [4.69, 9.17) is 11.6 Å². The van der Waals surface area contributed by atoms with E-state index in [1.165, 1.54) is 30.5 Å². The number of hydrogen-bond acceptors (Lipinski definition) is 0. The molecule has 0 bridgehead atoms. The molecule has 0 nitrogen and oxygen atoms in total. The van der Waals surface area contributed by atoms with Gasteiger partial charge in [0.25, 0.3) is 0 Å². The van der Waals surface area contributed by atoms with Gasteiger partial charge in [0.05, 0.1) is 5.02 Å². The molecule has 0 aromatic heterocycles. The van der Waals surface area contributed by atoms with Gasteiger partial charge in [-0.25, -0.2) is 8.78 Å². The fourth-order valence-corrected chi connectivity index (χ4v) is 3.08. The SMILES string of the molecule is CCCCCc1ccc2c(F)c(-c3ccc(Cl)c(F)c3)ccc2c1. The molecule has 0 amide bonds. The molecular weight excluding hydrogens is 326 g/mol. The number of fused-ring (bicyclic) bond motifs is 1. The third-order valence-electron chi connectivity index (χ3n) is 4.32. The van der Waals surface area contributed by atoms with Crippen LogP contribution in [0.15, 0.2) is 48.5 Å². The summed E-state index contributed by atoms with van der Waals surface area (Å²) in [6.45, 7) is 2.18. The second-order valence-electron chi connectivity index (χ2n) is 6.07. The number of aryl methyl sites for hydroxylation is 1. The molecule has 0 fully saturated rings. The van der Waals surface area contributed by atoms with Crippen molar-refractivity contribution in [2.75, 3.05) is 0 Å². The van der Waals surface area contributed by atoms with E-state index in [0.717, 1.165) is 18.2 Å². The van der Waals surface area contributed by atoms with Crippen molar-refractivity contribution >= 4 is 22.4 Å². The van der Waals surface area contributed by atoms with Crippen LogP contribution < -0.4 is 0 Å². The van der Waals surface area contributed by atoms with E-state index in [0.29, 0.717) is 16.5 Å². The second kappa shape index (κ2) is 7.31. The molecule has 0 saturated heterocycles. The molecule has 3 aromatic rings. The fourth-order valence-electron chi connectivity index (χ4n) is 2.96. The first-order valence-electron chi connectivity index (χ1n) is 8.26. The Hall–Kier alpha value is -1.93. The molecule has 0 aliphatic carbocycles. The quantitative estimate of drug-likeness (QED) is 0.430. The van der Waals surface area contributed by atoms with Gasteiger partial charge in [0, 0.05) is 10.9 Å². The summed E-state index contributed by atoms with van der Waals surface area (Å²) in [5.74, 6) is -0.866. The smallest absolute Gasteiger partial charge is 0.142 e. The van der Waals surface area contributed by atoms with E-state index >= 15 is 0 Å². The zero-order valence-electron chi connectivity index (χ0n) is 13.6. The van der Waals surface area contributed by atoms with Crippen LogP contribution >= 0.6 is 11.6 Å². The summed E-state index contributed by atoms with van der Waals surface area (Å²) in [7, 11) is 0. The summed E-state index contributed by atoms with van der Waals surface area (Å²) < 4.78 is 28.5. The Balaban J connectivity index is 1.98. The first kappa shape index (κ1) is 16.9. The zero-order chi connectivity index (χ0) is 17.1. The topological polar surface area (TPSA) is 0 Å². The van der Waals surface area contributed by atoms with Gasteiger partial charge in [-0.2, -0.15) is 0 Å². The minimum atomic E-state index is -0.542. The number of unbranched alkanes of at least 4 members (excludes halogenated alkanes) is 2. The van der Waals surface area contributed by atoms with Crippen LogP contribution in [0.1, 0.15) is 31.7 Å². The summed E-state index contributed by atoms with van der Waals surface area (Å²) >= 11 is 5.70. The molecule has 24 heavy (non-hydrogen) atoms. The third kappa shape index (κ3) is 3.44. The molecule has 0 N–H and O–H groups in total. The van der Waals surface area contributed by atoms with Crippen molar-refractivity contribution in [3.8, 4) is 11.1 Å². The average molecular weight is 345 g/mol. The number of hydrogen-bond donors (Lipinski definition) is 0. The van der Waals surface area contributed by atoms with E-state index in [-0.39, 0.29) is 10.8 Å². The summed E-state index contributed by atoms with van der Waals surface area (Å²) in [6, 6.07) is 13.8. The zero-order valence-corrected chi connectivity index (χ0v) is 14.3. The standard InChI is InChI=1S/C21H19ClF2/c1-2-3-4-5-14-6-9-17-15(12-14)7-10-18(21(17)24)16-8-11-19(22)20(23)13-16/h6-13H,2-5H2,1H3. The van der Waals surface area contributed by atoms with Crippen LogP contribution in [0.5, 0.6) is 0 Å². The van der Waals surface area contributed by atoms with Crippen LogP contribution in [0.25, 0.3) is 21.9 Å². The van der Waals surface area contributed by atoms with Gasteiger partial charge >= 0.3 is 0 Å². The van der Waals surface area contributed by atoms with Gasteiger partial charge in [-0.15, -0.1) is 0 Å². The Labute approximate surface area is 146 Å². The lowest BCUT2D eigenvalue weighted by Gasteiger charge is -2.09. The highest BCUT2D eigenvalue weighted by atomic mass is 35.5. The van der Waals surface area contributed by atoms with E-state index in [9.17, 15) is 8.78 Å². The molecule has 0 heterocycles. The lowest BCUT2D eigenvalue weighted by atomic mass is 9.97. The molecule has 3 heteroatoms. The predicted molar refractivity (Wildman–Crippen MR) is 97.5 cm³/mol. The first-order chi connectivity index (χ1) is 11.6. The Bertz CT molecular complexity index is 871. The second-order valence-corrected chi connectivity index (χ2v) is 6.48. The lowest BCUT2D eigenvalue weighted by Crippen LogP contribution is -1.91. The van der Waals surface area contributed by atoms with Crippen LogP contribution in [0.2, 0.25) is 5.02 Å². The van der Waals surface area contributed by atoms with Gasteiger partial charge in [-0.05, 0) is 41.5 Å². The lowest BCUT2D eigenvalue weighted by molar-refractivity contribution is 0.627. The van der Waals surface area contributed by atoms with Crippen molar-refractivity contribution in [3.05, 3.63) is 70.8 Å². The Morgan fingerprint density at radius 1 is 0.917 bits per heavy atom. The molecule has 124 valence electrons. The van der Waals surface area contributed by atoms with Gasteiger partial charge in [0.1, 0.15) is 11.6 Å². The first-order valence-corrected chi connectivity index (χ1v) is 8.64. The van der Waals surface area contributed by atoms with Gasteiger partial charge in [-0.3, -0.25) is 0 Å². The molecule has 3 aromatic carbocycles. The van der Waals surface area contributed by atoms with Gasteiger partial charge in [0.2, 0.25) is 0 Å². The van der Waals surface area contributed by atoms with Crippen LogP contribution in [0.4, 0.5) is 8.78 Å². The monoisotopic (exact) mass is 344 g/mol.